The normalized spacial score (nSPS) is 11.3. The van der Waals surface area contributed by atoms with Gasteiger partial charge in [0, 0.05) is 38.1 Å². The number of halogens is 3. The summed E-state index contributed by atoms with van der Waals surface area (Å²) in [5.74, 6) is 0.582. The van der Waals surface area contributed by atoms with Crippen LogP contribution in [0.25, 0.3) is 10.9 Å². The summed E-state index contributed by atoms with van der Waals surface area (Å²) in [5, 5.41) is 17.6. The highest BCUT2D eigenvalue weighted by molar-refractivity contribution is 9.10. The molecule has 0 saturated heterocycles. The first-order chi connectivity index (χ1) is 18.7. The van der Waals surface area contributed by atoms with E-state index in [-0.39, 0.29) is 36.0 Å². The standard InChI is InChI=1S/C27H23BrCl2N4O5/c1-3-5-25-32-22-9-7-18(28)12-20(22)27(35)33(25)31-14-16-10-23(34(36)37)26(24(11-16)38-4-2)39-15-17-6-8-19(29)13-21(17)30/h6-14H,3-5,15H2,1-2H3. The van der Waals surface area contributed by atoms with Crippen LogP contribution in [0.15, 0.2) is 62.9 Å². The van der Waals surface area contributed by atoms with Crippen LogP contribution in [0.2, 0.25) is 10.0 Å². The molecule has 4 aromatic rings. The Kier molecular flexibility index (Phi) is 9.21. The molecular formula is C27H23BrCl2N4O5. The van der Waals surface area contributed by atoms with Gasteiger partial charge in [0.15, 0.2) is 5.75 Å². The van der Waals surface area contributed by atoms with E-state index in [0.717, 1.165) is 10.9 Å². The van der Waals surface area contributed by atoms with E-state index in [1.165, 1.54) is 17.0 Å². The molecule has 39 heavy (non-hydrogen) atoms. The zero-order valence-electron chi connectivity index (χ0n) is 21.0. The number of ether oxygens (including phenoxy) is 2. The van der Waals surface area contributed by atoms with Crippen molar-refractivity contribution in [3.05, 3.63) is 100 Å². The second-order valence-electron chi connectivity index (χ2n) is 8.38. The second-order valence-corrected chi connectivity index (χ2v) is 10.1. The molecule has 0 fully saturated rings. The van der Waals surface area contributed by atoms with Gasteiger partial charge in [-0.1, -0.05) is 52.1 Å². The zero-order chi connectivity index (χ0) is 28.1. The van der Waals surface area contributed by atoms with Gasteiger partial charge in [-0.3, -0.25) is 14.9 Å². The van der Waals surface area contributed by atoms with Gasteiger partial charge in [-0.05, 0) is 49.7 Å². The van der Waals surface area contributed by atoms with Gasteiger partial charge in [0.1, 0.15) is 12.4 Å². The number of hydrogen-bond acceptors (Lipinski definition) is 7. The Hall–Kier alpha value is -3.47. The maximum Gasteiger partial charge on any atom is 0.315 e. The first kappa shape index (κ1) is 28.5. The summed E-state index contributed by atoms with van der Waals surface area (Å²) in [6, 6.07) is 13.0. The summed E-state index contributed by atoms with van der Waals surface area (Å²) in [4.78, 5) is 29.3. The van der Waals surface area contributed by atoms with Crippen molar-refractivity contribution in [2.24, 2.45) is 5.10 Å². The van der Waals surface area contributed by atoms with Crippen molar-refractivity contribution in [3.63, 3.8) is 0 Å². The Bertz CT molecular complexity index is 1640. The number of benzene rings is 3. The largest absolute Gasteiger partial charge is 0.490 e. The minimum Gasteiger partial charge on any atom is -0.490 e. The van der Waals surface area contributed by atoms with Gasteiger partial charge in [-0.15, -0.1) is 0 Å². The highest BCUT2D eigenvalue weighted by atomic mass is 79.9. The molecule has 0 atom stereocenters. The van der Waals surface area contributed by atoms with E-state index < -0.39 is 4.92 Å². The van der Waals surface area contributed by atoms with Crippen LogP contribution in [0.5, 0.6) is 11.5 Å². The summed E-state index contributed by atoms with van der Waals surface area (Å²) in [6.07, 6.45) is 2.62. The third kappa shape index (κ3) is 6.58. The quantitative estimate of drug-likeness (QED) is 0.104. The second kappa shape index (κ2) is 12.6. The average molecular weight is 634 g/mol. The van der Waals surface area contributed by atoms with Crippen molar-refractivity contribution in [2.45, 2.75) is 33.3 Å². The molecule has 0 N–H and O–H groups in total. The molecule has 12 heteroatoms. The molecule has 0 saturated carbocycles. The lowest BCUT2D eigenvalue weighted by Gasteiger charge is -2.14. The van der Waals surface area contributed by atoms with E-state index in [1.54, 1.807) is 43.3 Å². The number of aryl methyl sites for hydroxylation is 1. The van der Waals surface area contributed by atoms with Gasteiger partial charge in [0.25, 0.3) is 5.56 Å². The maximum absolute atomic E-state index is 13.3. The molecule has 0 aliphatic rings. The molecule has 202 valence electrons. The van der Waals surface area contributed by atoms with E-state index in [9.17, 15) is 14.9 Å². The molecule has 0 bridgehead atoms. The number of nitro groups is 1. The third-order valence-electron chi connectivity index (χ3n) is 5.61. The SMILES string of the molecule is CCCc1nc2ccc(Br)cc2c(=O)n1N=Cc1cc(OCC)c(OCc2ccc(Cl)cc2Cl)c([N+](=O)[O-])c1. The summed E-state index contributed by atoms with van der Waals surface area (Å²) >= 11 is 15.6. The van der Waals surface area contributed by atoms with Crippen LogP contribution in [0.1, 0.15) is 37.2 Å². The van der Waals surface area contributed by atoms with Crippen LogP contribution in [-0.2, 0) is 13.0 Å². The summed E-state index contributed by atoms with van der Waals surface area (Å²) in [5.41, 5.74) is 0.830. The molecule has 9 nitrogen and oxygen atoms in total. The van der Waals surface area contributed by atoms with E-state index in [1.807, 2.05) is 13.0 Å². The molecule has 0 unspecified atom stereocenters. The number of nitro benzene ring substituents is 1. The lowest BCUT2D eigenvalue weighted by molar-refractivity contribution is -0.386. The van der Waals surface area contributed by atoms with Gasteiger partial charge >= 0.3 is 5.69 Å². The third-order valence-corrected chi connectivity index (χ3v) is 6.69. The van der Waals surface area contributed by atoms with Gasteiger partial charge in [0.2, 0.25) is 5.75 Å². The Labute approximate surface area is 242 Å². The van der Waals surface area contributed by atoms with Crippen molar-refractivity contribution in [1.82, 2.24) is 9.66 Å². The molecule has 1 heterocycles. The van der Waals surface area contributed by atoms with Crippen LogP contribution >= 0.6 is 39.1 Å². The Morgan fingerprint density at radius 1 is 1.13 bits per heavy atom. The van der Waals surface area contributed by atoms with Gasteiger partial charge in [-0.25, -0.2) is 4.98 Å². The minimum atomic E-state index is -0.567. The number of aromatic nitrogens is 2. The molecule has 1 aromatic heterocycles. The van der Waals surface area contributed by atoms with Crippen molar-refractivity contribution >= 4 is 61.9 Å². The number of fused-ring (bicyclic) bond motifs is 1. The van der Waals surface area contributed by atoms with Crippen LogP contribution < -0.4 is 15.0 Å². The summed E-state index contributed by atoms with van der Waals surface area (Å²) < 4.78 is 13.5. The topological polar surface area (TPSA) is 109 Å². The molecule has 0 spiro atoms. The first-order valence-electron chi connectivity index (χ1n) is 12.0. The van der Waals surface area contributed by atoms with Crippen molar-refractivity contribution in [2.75, 3.05) is 6.61 Å². The van der Waals surface area contributed by atoms with Crippen molar-refractivity contribution in [1.29, 1.82) is 0 Å². The smallest absolute Gasteiger partial charge is 0.315 e. The van der Waals surface area contributed by atoms with E-state index in [4.69, 9.17) is 32.7 Å². The molecule has 0 radical (unpaired) electrons. The molecule has 3 aromatic carbocycles. The van der Waals surface area contributed by atoms with Gasteiger partial charge < -0.3 is 9.47 Å². The average Bonchev–Trinajstić information content (AvgIpc) is 2.89. The van der Waals surface area contributed by atoms with Crippen LogP contribution in [0.3, 0.4) is 0 Å². The first-order valence-corrected chi connectivity index (χ1v) is 13.5. The summed E-state index contributed by atoms with van der Waals surface area (Å²) in [7, 11) is 0. The lowest BCUT2D eigenvalue weighted by Crippen LogP contribution is -2.22. The van der Waals surface area contributed by atoms with Gasteiger partial charge in [0.05, 0.1) is 28.6 Å². The van der Waals surface area contributed by atoms with E-state index in [0.29, 0.717) is 44.3 Å². The zero-order valence-corrected chi connectivity index (χ0v) is 24.1. The maximum atomic E-state index is 13.3. The molecule has 4 rings (SSSR count). The highest BCUT2D eigenvalue weighted by Crippen LogP contribution is 2.39. The number of hydrogen-bond donors (Lipinski definition) is 0. The fourth-order valence-electron chi connectivity index (χ4n) is 3.84. The Balaban J connectivity index is 1.76. The van der Waals surface area contributed by atoms with Crippen LogP contribution in [0, 0.1) is 10.1 Å². The van der Waals surface area contributed by atoms with Crippen molar-refractivity contribution in [3.8, 4) is 11.5 Å². The molecule has 0 amide bonds. The summed E-state index contributed by atoms with van der Waals surface area (Å²) in [6.45, 7) is 3.92. The van der Waals surface area contributed by atoms with Crippen molar-refractivity contribution < 1.29 is 14.4 Å². The molecule has 0 aliphatic carbocycles. The predicted molar refractivity (Wildman–Crippen MR) is 156 cm³/mol. The predicted octanol–water partition coefficient (Wildman–Crippen LogP) is 7.19. The lowest BCUT2D eigenvalue weighted by atomic mass is 10.1. The van der Waals surface area contributed by atoms with Gasteiger partial charge in [-0.2, -0.15) is 9.78 Å². The fourth-order valence-corrected chi connectivity index (χ4v) is 4.66. The highest BCUT2D eigenvalue weighted by Gasteiger charge is 2.23. The fraction of sp³-hybridized carbons (Fsp3) is 0.222. The van der Waals surface area contributed by atoms with E-state index >= 15 is 0 Å². The van der Waals surface area contributed by atoms with E-state index in [2.05, 4.69) is 26.0 Å². The van der Waals surface area contributed by atoms with Crippen LogP contribution in [-0.4, -0.2) is 27.4 Å². The Morgan fingerprint density at radius 3 is 2.62 bits per heavy atom. The molecular weight excluding hydrogens is 611 g/mol. The van der Waals surface area contributed by atoms with Crippen LogP contribution in [0.4, 0.5) is 5.69 Å². The Morgan fingerprint density at radius 2 is 1.92 bits per heavy atom. The monoisotopic (exact) mass is 632 g/mol. The number of rotatable bonds is 10. The number of nitrogens with zero attached hydrogens (tertiary/aromatic N) is 4. The minimum absolute atomic E-state index is 0.0432. The molecule has 0 aliphatic heterocycles.